The van der Waals surface area contributed by atoms with Gasteiger partial charge in [-0.05, 0) is 65.3 Å². The molecule has 0 atom stereocenters. The number of hydrogen-bond donors (Lipinski definition) is 3. The molecule has 8 nitrogen and oxygen atoms in total. The first-order valence-corrected chi connectivity index (χ1v) is 10.3. The summed E-state index contributed by atoms with van der Waals surface area (Å²) in [5.41, 5.74) is -0.0604. The first-order valence-electron chi connectivity index (χ1n) is 8.78. The van der Waals surface area contributed by atoms with Crippen molar-refractivity contribution in [2.24, 2.45) is 0 Å². The number of alkyl carbamates (subject to hydrolysis) is 1. The summed E-state index contributed by atoms with van der Waals surface area (Å²) < 4.78 is 31.7. The van der Waals surface area contributed by atoms with Gasteiger partial charge < -0.3 is 15.4 Å². The Morgan fingerprint density at radius 2 is 1.70 bits per heavy atom. The Balaban J connectivity index is 2.42. The molecule has 2 amide bonds. The first kappa shape index (κ1) is 22.9. The van der Waals surface area contributed by atoms with E-state index in [-0.39, 0.29) is 23.3 Å². The Bertz CT molecular complexity index is 737. The van der Waals surface area contributed by atoms with Crippen molar-refractivity contribution in [2.75, 3.05) is 11.9 Å². The third kappa shape index (κ3) is 9.39. The number of carbonyl (C=O) groups excluding carboxylic acids is 2. The van der Waals surface area contributed by atoms with Crippen LogP contribution in [0, 0.1) is 0 Å². The zero-order valence-corrected chi connectivity index (χ0v) is 17.3. The molecule has 27 heavy (non-hydrogen) atoms. The average molecular weight is 400 g/mol. The van der Waals surface area contributed by atoms with Gasteiger partial charge in [0.25, 0.3) is 0 Å². The summed E-state index contributed by atoms with van der Waals surface area (Å²) in [6.07, 6.45) is 0.148. The second-order valence-corrected chi connectivity index (χ2v) is 9.09. The maximum Gasteiger partial charge on any atom is 0.407 e. The van der Waals surface area contributed by atoms with E-state index < -0.39 is 21.7 Å². The van der Waals surface area contributed by atoms with Crippen molar-refractivity contribution < 1.29 is 22.7 Å². The van der Waals surface area contributed by atoms with E-state index in [2.05, 4.69) is 15.4 Å². The summed E-state index contributed by atoms with van der Waals surface area (Å²) in [4.78, 5) is 23.5. The van der Waals surface area contributed by atoms with E-state index in [1.165, 1.54) is 24.3 Å². The van der Waals surface area contributed by atoms with Crippen LogP contribution >= 0.6 is 0 Å². The molecule has 152 valence electrons. The van der Waals surface area contributed by atoms with Gasteiger partial charge in [-0.25, -0.2) is 17.9 Å². The van der Waals surface area contributed by atoms with Gasteiger partial charge in [0.2, 0.25) is 15.9 Å². The predicted octanol–water partition coefficient (Wildman–Crippen LogP) is 2.62. The van der Waals surface area contributed by atoms with E-state index >= 15 is 0 Å². The summed E-state index contributed by atoms with van der Waals surface area (Å²) in [7, 11) is -3.56. The highest BCUT2D eigenvalue weighted by molar-refractivity contribution is 7.89. The number of ether oxygens (including phenoxy) is 1. The first-order chi connectivity index (χ1) is 12.4. The lowest BCUT2D eigenvalue weighted by atomic mass is 10.2. The minimum atomic E-state index is -3.56. The van der Waals surface area contributed by atoms with Crippen LogP contribution in [-0.2, 0) is 19.6 Å². The highest BCUT2D eigenvalue weighted by Gasteiger charge is 2.16. The fourth-order valence-corrected chi connectivity index (χ4v) is 3.32. The molecule has 0 fully saturated rings. The van der Waals surface area contributed by atoms with Gasteiger partial charge >= 0.3 is 6.09 Å². The van der Waals surface area contributed by atoms with Crippen LogP contribution in [0.4, 0.5) is 10.5 Å². The van der Waals surface area contributed by atoms with Gasteiger partial charge in [0, 0.05) is 24.7 Å². The molecule has 1 rings (SSSR count). The van der Waals surface area contributed by atoms with Gasteiger partial charge in [-0.1, -0.05) is 0 Å². The monoisotopic (exact) mass is 399 g/mol. The normalized spacial score (nSPS) is 11.9. The van der Waals surface area contributed by atoms with Crippen LogP contribution in [0.15, 0.2) is 29.2 Å². The zero-order chi connectivity index (χ0) is 20.7. The smallest absolute Gasteiger partial charge is 0.407 e. The third-order valence-corrected chi connectivity index (χ3v) is 4.76. The molecule has 0 radical (unpaired) electrons. The third-order valence-electron chi connectivity index (χ3n) is 3.09. The van der Waals surface area contributed by atoms with E-state index in [4.69, 9.17) is 4.74 Å². The van der Waals surface area contributed by atoms with E-state index in [1.807, 2.05) is 0 Å². The van der Waals surface area contributed by atoms with Crippen molar-refractivity contribution in [3.63, 3.8) is 0 Å². The number of carbonyl (C=O) groups is 2. The Hall–Kier alpha value is -2.13. The predicted molar refractivity (Wildman–Crippen MR) is 104 cm³/mol. The molecule has 0 saturated carbocycles. The van der Waals surface area contributed by atoms with Crippen LogP contribution in [0.2, 0.25) is 0 Å². The average Bonchev–Trinajstić information content (AvgIpc) is 2.49. The van der Waals surface area contributed by atoms with Crippen molar-refractivity contribution in [2.45, 2.75) is 64.0 Å². The molecular formula is C18H29N3O5S. The molecule has 0 unspecified atom stereocenters. The largest absolute Gasteiger partial charge is 0.444 e. The summed E-state index contributed by atoms with van der Waals surface area (Å²) in [5, 5.41) is 5.27. The van der Waals surface area contributed by atoms with Gasteiger partial charge in [-0.3, -0.25) is 4.79 Å². The highest BCUT2D eigenvalue weighted by Crippen LogP contribution is 2.15. The van der Waals surface area contributed by atoms with E-state index in [0.717, 1.165) is 0 Å². The number of sulfonamides is 1. The molecule has 1 aromatic rings. The van der Waals surface area contributed by atoms with Gasteiger partial charge in [-0.15, -0.1) is 0 Å². The molecule has 0 aliphatic rings. The molecule has 0 aliphatic heterocycles. The highest BCUT2D eigenvalue weighted by atomic mass is 32.2. The summed E-state index contributed by atoms with van der Waals surface area (Å²) >= 11 is 0. The number of rotatable bonds is 8. The zero-order valence-electron chi connectivity index (χ0n) is 16.5. The lowest BCUT2D eigenvalue weighted by molar-refractivity contribution is -0.116. The molecule has 1 aromatic carbocycles. The van der Waals surface area contributed by atoms with Crippen LogP contribution < -0.4 is 15.4 Å². The molecule has 0 aliphatic carbocycles. The molecule has 0 saturated heterocycles. The molecule has 3 N–H and O–H groups in total. The lowest BCUT2D eigenvalue weighted by Crippen LogP contribution is -2.33. The maximum absolute atomic E-state index is 12.0. The molecule has 9 heteroatoms. The van der Waals surface area contributed by atoms with Crippen LogP contribution in [0.3, 0.4) is 0 Å². The number of nitrogens with one attached hydrogen (secondary N) is 3. The summed E-state index contributed by atoms with van der Waals surface area (Å²) in [5.74, 6) is -0.225. The molecule has 0 spiro atoms. The lowest BCUT2D eigenvalue weighted by Gasteiger charge is -2.19. The van der Waals surface area contributed by atoms with Crippen molar-refractivity contribution in [1.29, 1.82) is 0 Å². The second kappa shape index (κ2) is 9.70. The van der Waals surface area contributed by atoms with Crippen LogP contribution in [-0.4, -0.2) is 38.6 Å². The Morgan fingerprint density at radius 1 is 1.11 bits per heavy atom. The van der Waals surface area contributed by atoms with E-state index in [1.54, 1.807) is 34.6 Å². The van der Waals surface area contributed by atoms with E-state index in [9.17, 15) is 18.0 Å². The van der Waals surface area contributed by atoms with Crippen molar-refractivity contribution in [1.82, 2.24) is 10.0 Å². The SMILES string of the molecule is CC(C)NS(=O)(=O)c1ccc(NC(=O)CCCNC(=O)OC(C)(C)C)cc1. The fraction of sp³-hybridized carbons (Fsp3) is 0.556. The van der Waals surface area contributed by atoms with Crippen LogP contribution in [0.5, 0.6) is 0 Å². The fourth-order valence-electron chi connectivity index (χ4n) is 2.07. The van der Waals surface area contributed by atoms with Gasteiger partial charge in [0.15, 0.2) is 0 Å². The van der Waals surface area contributed by atoms with Crippen LogP contribution in [0.1, 0.15) is 47.5 Å². The topological polar surface area (TPSA) is 114 Å². The number of hydrogen-bond acceptors (Lipinski definition) is 5. The van der Waals surface area contributed by atoms with Crippen molar-refractivity contribution in [3.8, 4) is 0 Å². The van der Waals surface area contributed by atoms with E-state index in [0.29, 0.717) is 18.7 Å². The summed E-state index contributed by atoms with van der Waals surface area (Å²) in [6, 6.07) is 5.73. The van der Waals surface area contributed by atoms with Gasteiger partial charge in [0.05, 0.1) is 4.90 Å². The molecular weight excluding hydrogens is 370 g/mol. The number of anilines is 1. The van der Waals surface area contributed by atoms with Crippen LogP contribution in [0.25, 0.3) is 0 Å². The molecule has 0 aromatic heterocycles. The van der Waals surface area contributed by atoms with Crippen molar-refractivity contribution >= 4 is 27.7 Å². The minimum Gasteiger partial charge on any atom is -0.444 e. The van der Waals surface area contributed by atoms with Gasteiger partial charge in [-0.2, -0.15) is 0 Å². The standard InChI is InChI=1S/C18H29N3O5S/c1-13(2)21-27(24,25)15-10-8-14(9-11-15)20-16(22)7-6-12-19-17(23)26-18(3,4)5/h8-11,13,21H,6-7,12H2,1-5H3,(H,19,23)(H,20,22). The Kier molecular flexibility index (Phi) is 8.23. The Labute approximate surface area is 161 Å². The quantitative estimate of drug-likeness (QED) is 0.582. The minimum absolute atomic E-state index is 0.135. The molecule has 0 heterocycles. The second-order valence-electron chi connectivity index (χ2n) is 7.38. The number of amides is 2. The number of benzene rings is 1. The summed E-state index contributed by atoms with van der Waals surface area (Å²) in [6.45, 7) is 9.12. The Morgan fingerprint density at radius 3 is 2.22 bits per heavy atom. The molecule has 0 bridgehead atoms. The van der Waals surface area contributed by atoms with Gasteiger partial charge in [0.1, 0.15) is 5.60 Å². The van der Waals surface area contributed by atoms with Crippen molar-refractivity contribution in [3.05, 3.63) is 24.3 Å². The maximum atomic E-state index is 12.0.